The first-order valence-electron chi connectivity index (χ1n) is 47.0. The molecule has 3 heterocycles. The van der Waals surface area contributed by atoms with Gasteiger partial charge in [0.1, 0.15) is 83.6 Å². The van der Waals surface area contributed by atoms with Crippen molar-refractivity contribution in [2.75, 3.05) is 19.6 Å². The third-order valence-corrected chi connectivity index (χ3v) is 23.7. The zero-order valence-electron chi connectivity index (χ0n) is 79.9. The second-order valence-corrected chi connectivity index (χ2v) is 35.9. The Morgan fingerprint density at radius 1 is 0.543 bits per heavy atom. The van der Waals surface area contributed by atoms with E-state index in [0.717, 1.165) is 13.8 Å². The lowest BCUT2D eigenvalue weighted by molar-refractivity contribution is -0.142. The highest BCUT2D eigenvalue weighted by atomic mass is 16.4. The molecule has 45 heteroatoms. The molecule has 5 rings (SSSR count). The van der Waals surface area contributed by atoms with Crippen LogP contribution < -0.4 is 103 Å². The van der Waals surface area contributed by atoms with Gasteiger partial charge in [-0.15, -0.1) is 0 Å². The molecular weight excluding hydrogens is 1790 g/mol. The number of carboxylic acids is 3. The van der Waals surface area contributed by atoms with E-state index in [0.29, 0.717) is 53.4 Å². The summed E-state index contributed by atoms with van der Waals surface area (Å²) >= 11 is 0. The van der Waals surface area contributed by atoms with Gasteiger partial charge in [0.2, 0.25) is 88.6 Å². The second-order valence-electron chi connectivity index (χ2n) is 35.9. The number of hydrogen-bond acceptors (Lipinski definition) is 23. The number of amides is 15. The van der Waals surface area contributed by atoms with Crippen LogP contribution in [0, 0.1) is 17.2 Å². The Hall–Kier alpha value is -13.5. The third kappa shape index (κ3) is 40.1. The fraction of sp³-hybridized carbons (Fsp3) is 0.591. The number of aromatic amines is 2. The number of nitrogens with one attached hydrogen (secondary N) is 18. The first kappa shape index (κ1) is 115. The van der Waals surface area contributed by atoms with Crippen LogP contribution in [0.2, 0.25) is 0 Å². The molecule has 2 aromatic heterocycles. The van der Waals surface area contributed by atoms with Crippen molar-refractivity contribution in [3.05, 3.63) is 102 Å². The number of aromatic nitrogens is 3. The van der Waals surface area contributed by atoms with E-state index in [1.54, 1.807) is 88.5 Å². The highest BCUT2D eigenvalue weighted by Gasteiger charge is 2.45. The van der Waals surface area contributed by atoms with Gasteiger partial charge in [0, 0.05) is 74.6 Å². The number of para-hydroxylation sites is 1. The summed E-state index contributed by atoms with van der Waals surface area (Å²) in [6.45, 7) is 12.0. The largest absolute Gasteiger partial charge is 0.481 e. The number of aliphatic hydroxyl groups is 1. The quantitative estimate of drug-likeness (QED) is 0.0112. The van der Waals surface area contributed by atoms with Gasteiger partial charge in [-0.2, -0.15) is 0 Å². The lowest BCUT2D eigenvalue weighted by atomic mass is 9.91. The van der Waals surface area contributed by atoms with Gasteiger partial charge in [-0.1, -0.05) is 114 Å². The summed E-state index contributed by atoms with van der Waals surface area (Å²) in [4.78, 5) is 267. The average molecular weight is 1940 g/mol. The van der Waals surface area contributed by atoms with Gasteiger partial charge in [0.25, 0.3) is 0 Å². The van der Waals surface area contributed by atoms with Gasteiger partial charge in [-0.25, -0.2) is 4.98 Å². The maximum absolute atomic E-state index is 15.7. The number of carbonyl (C=O) groups is 18. The highest BCUT2D eigenvalue weighted by Crippen LogP contribution is 2.25. The lowest BCUT2D eigenvalue weighted by Crippen LogP contribution is -2.65. The number of nitrogens with zero attached hydrogens (tertiary/aromatic N) is 1. The van der Waals surface area contributed by atoms with E-state index >= 15 is 33.6 Å². The van der Waals surface area contributed by atoms with E-state index in [4.69, 9.17) is 28.3 Å². The molecule has 16 atom stereocenters. The minimum atomic E-state index is -2.11. The minimum Gasteiger partial charge on any atom is -0.481 e. The van der Waals surface area contributed by atoms with Crippen molar-refractivity contribution in [3.63, 3.8) is 0 Å². The number of H-pyrrole nitrogens is 2. The summed E-state index contributed by atoms with van der Waals surface area (Å²) < 4.78 is 0. The van der Waals surface area contributed by atoms with Gasteiger partial charge in [0.05, 0.1) is 18.9 Å². The average Bonchev–Trinajstić information content (AvgIpc) is 1.47. The molecule has 762 valence electrons. The molecular formula is C93H143N23O22. The molecule has 1 aliphatic heterocycles. The number of allylic oxidation sites excluding steroid dienone is 2. The van der Waals surface area contributed by atoms with Crippen molar-refractivity contribution >= 4 is 123 Å². The molecule has 0 unspecified atom stereocenters. The Kier molecular flexibility index (Phi) is 49.1. The number of hydrogen-bond donors (Lipinski definition) is 26. The van der Waals surface area contributed by atoms with Crippen molar-refractivity contribution in [1.29, 1.82) is 5.41 Å². The molecule has 0 aliphatic carbocycles. The summed E-state index contributed by atoms with van der Waals surface area (Å²) in [6, 6.07) is -4.34. The van der Waals surface area contributed by atoms with Crippen molar-refractivity contribution in [2.45, 2.75) is 318 Å². The normalized spacial score (nSPS) is 21.2. The molecule has 45 nitrogen and oxygen atoms in total. The van der Waals surface area contributed by atoms with Crippen LogP contribution in [0.4, 0.5) is 0 Å². The predicted octanol–water partition coefficient (Wildman–Crippen LogP) is -0.729. The fourth-order valence-electron chi connectivity index (χ4n) is 15.6. The molecule has 0 bridgehead atoms. The number of primary amides is 1. The van der Waals surface area contributed by atoms with Gasteiger partial charge in [0.15, 0.2) is 5.96 Å². The van der Waals surface area contributed by atoms with Crippen molar-refractivity contribution in [3.8, 4) is 0 Å². The number of aliphatic carboxylic acids is 3. The first-order valence-corrected chi connectivity index (χ1v) is 47.0. The second kappa shape index (κ2) is 58.9. The summed E-state index contributed by atoms with van der Waals surface area (Å²) in [5.74, 6) is -20.9. The van der Waals surface area contributed by atoms with Crippen LogP contribution in [0.1, 0.15) is 226 Å². The Morgan fingerprint density at radius 2 is 1.10 bits per heavy atom. The van der Waals surface area contributed by atoms with Crippen molar-refractivity contribution < 1.29 is 107 Å². The number of benzene rings is 2. The number of rotatable bonds is 45. The maximum Gasteiger partial charge on any atom is 0.305 e. The molecule has 30 N–H and O–H groups in total. The van der Waals surface area contributed by atoms with E-state index in [-0.39, 0.29) is 148 Å². The smallest absolute Gasteiger partial charge is 0.305 e. The van der Waals surface area contributed by atoms with E-state index in [1.807, 2.05) is 12.2 Å². The number of imidazole rings is 1. The lowest BCUT2D eigenvalue weighted by Gasteiger charge is -2.34. The molecule has 0 spiro atoms. The SMILES string of the molecule is CC[C@H](C)[C@H](NC(=O)[C@H](CCC(=O)O)NC(C)=O)C(=O)N[C@H](C(=O)N[C@@H](CCCCN)C(=O)N[C@]1(C)CCCCCCC=CCCC[C@@](C)(C(=O)N[C@@H](Cc2cnc[nH]2)C(=O)N[C@@H](CCCNC(=N)N)C(N)=O)NC(=O)[C@H](Cc2c[nH]c3ccccc23)NC(=O)[C@H](CC(C)C)NC(=O)[C@H](Cc2ccccc2)NC(=O)[C@H](CC(=O)O)NC(=O)[C@H](CCCCN)NC(=O)[C@H](CCC(=O)O)NC1=O)[C@@H](C)O. The van der Waals surface area contributed by atoms with E-state index in [1.165, 1.54) is 26.4 Å². The molecule has 15 amide bonds. The molecule has 1 aliphatic rings. The Labute approximate surface area is 801 Å². The molecule has 0 radical (unpaired) electrons. The van der Waals surface area contributed by atoms with Gasteiger partial charge in [-0.05, 0) is 172 Å². The Morgan fingerprint density at radius 3 is 1.72 bits per heavy atom. The fourth-order valence-corrected chi connectivity index (χ4v) is 15.6. The van der Waals surface area contributed by atoms with Crippen LogP contribution in [0.25, 0.3) is 10.9 Å². The highest BCUT2D eigenvalue weighted by molar-refractivity contribution is 6.03. The van der Waals surface area contributed by atoms with E-state index in [9.17, 15) is 73.2 Å². The molecule has 138 heavy (non-hydrogen) atoms. The summed E-state index contributed by atoms with van der Waals surface area (Å²) in [5.41, 5.74) is 21.0. The van der Waals surface area contributed by atoms with Crippen molar-refractivity contribution in [1.82, 2.24) is 94.7 Å². The number of unbranched alkanes of at least 4 members (excludes halogenated alkanes) is 2. The zero-order chi connectivity index (χ0) is 102. The van der Waals surface area contributed by atoms with E-state index in [2.05, 4.69) is 94.7 Å². The number of guanidine groups is 1. The monoisotopic (exact) mass is 1930 g/mol. The van der Waals surface area contributed by atoms with Gasteiger partial charge >= 0.3 is 17.9 Å². The molecule has 0 saturated carbocycles. The summed E-state index contributed by atoms with van der Waals surface area (Å²) in [5, 5.41) is 88.7. The van der Waals surface area contributed by atoms with Crippen LogP contribution in [0.5, 0.6) is 0 Å². The van der Waals surface area contributed by atoms with Crippen LogP contribution >= 0.6 is 0 Å². The molecule has 4 aromatic rings. The number of aliphatic hydroxyl groups excluding tert-OH is 1. The number of carbonyl (C=O) groups excluding carboxylic acids is 15. The van der Waals surface area contributed by atoms with Gasteiger partial charge < -0.3 is 133 Å². The first-order chi connectivity index (χ1) is 65.4. The predicted molar refractivity (Wildman–Crippen MR) is 508 cm³/mol. The van der Waals surface area contributed by atoms with Gasteiger partial charge in [-0.3, -0.25) is 91.7 Å². The number of nitrogens with two attached hydrogens (primary N) is 4. The zero-order valence-corrected chi connectivity index (χ0v) is 79.9. The summed E-state index contributed by atoms with van der Waals surface area (Å²) in [6.07, 6.45) is 4.56. The van der Waals surface area contributed by atoms with Crippen LogP contribution in [0.3, 0.4) is 0 Å². The minimum absolute atomic E-state index is 0.0200. The Balaban J connectivity index is 1.67. The third-order valence-electron chi connectivity index (χ3n) is 23.7. The van der Waals surface area contributed by atoms with Crippen molar-refractivity contribution in [2.24, 2.45) is 34.8 Å². The molecule has 0 fully saturated rings. The van der Waals surface area contributed by atoms with Crippen LogP contribution in [-0.4, -0.2) is 257 Å². The number of fused-ring (bicyclic) bond motifs is 1. The van der Waals surface area contributed by atoms with E-state index < -0.39 is 234 Å². The maximum atomic E-state index is 15.7. The molecule has 2 aromatic carbocycles. The topological polar surface area (TPSA) is 741 Å². The van der Waals surface area contributed by atoms with Crippen LogP contribution in [-0.2, 0) is 106 Å². The van der Waals surface area contributed by atoms with Crippen LogP contribution in [0.15, 0.2) is 85.5 Å². The standard InChI is InChI=1S/C93H143N23O22/c1-9-54(4)75(113-80(128)65(103-56(6)118)36-38-72(119)120)87(135)114-76(55(5)117)88(136)106-64(34-23-27-43-95)85(133)115-92(7)40-24-15-13-11-10-12-14-16-25-41-93(8,90(138)112-70(48-59-51-99-52-102-59)83(131)104-62(77(96)125)35-28-44-100-91(97)98)116-86(134)69(47-58-50-101-61-32-21-20-31-60(58)61)109-81(129)67(45-53(2)3)107-82(130)68(46-57-29-18-17-19-30-57)108-84(132)71(49-74(123)124)110-78(126)63(33-22-26-42-94)105-79(127)66(111-89(92)137)37-39-73(121)122/h12,14,17-21,29-32,50-55,62-71,75-76,101,117H,9-11,13,15-16,22-28,33-49,94-95H2,1-8H3,(H2,96,125)(H,99,102)(H,103,118)(H,104,131)(H,105,127)(H,106,136)(H,107,130)(H,108,132)(H,109,129)(H,110,126)(H,111,137)(H,112,138)(H,113,128)(H,114,135)(H,115,133)(H,116,134)(H,119,120)(H,121,122)(H,123,124)(H4,97,98,100)/t54-,55+,62-,63-,64-,65-,66-,67-,68-,69-,70-,71-,75-,76-,92+,93-/m0/s1. The Bertz CT molecular complexity index is 4780. The molecule has 0 saturated heterocycles. The number of carboxylic acid groups (broad SMARTS) is 3. The summed E-state index contributed by atoms with van der Waals surface area (Å²) in [7, 11) is 0.